The normalized spacial score (nSPS) is 29.9. The van der Waals surface area contributed by atoms with Crippen LogP contribution in [0.15, 0.2) is 11.9 Å². The van der Waals surface area contributed by atoms with Gasteiger partial charge in [0.05, 0.1) is 25.0 Å². The number of hydrogen-bond acceptors (Lipinski definition) is 3. The van der Waals surface area contributed by atoms with Gasteiger partial charge < -0.3 is 9.84 Å². The zero-order valence-corrected chi connectivity index (χ0v) is 6.08. The van der Waals surface area contributed by atoms with Gasteiger partial charge in [0.25, 0.3) is 0 Å². The molecule has 0 aromatic rings. The van der Waals surface area contributed by atoms with Crippen molar-refractivity contribution < 1.29 is 19.0 Å². The number of ether oxygens (including phenoxy) is 1. The number of carbonyl (C=O) groups is 1. The van der Waals surface area contributed by atoms with Crippen LogP contribution >= 0.6 is 0 Å². The van der Waals surface area contributed by atoms with Crippen LogP contribution in [0.3, 0.4) is 0 Å². The summed E-state index contributed by atoms with van der Waals surface area (Å²) in [6.45, 7) is 0. The number of carbonyl (C=O) groups excluding carboxylic acids is 1. The second-order valence-electron chi connectivity index (χ2n) is 2.44. The molecular formula is C7H9FO3. The maximum absolute atomic E-state index is 12.4. The third-order valence-corrected chi connectivity index (χ3v) is 1.68. The predicted molar refractivity (Wildman–Crippen MR) is 35.3 cm³/mol. The van der Waals surface area contributed by atoms with Crippen LogP contribution in [0.5, 0.6) is 0 Å². The molecule has 3 nitrogen and oxygen atoms in total. The monoisotopic (exact) mass is 160 g/mol. The average molecular weight is 160 g/mol. The van der Waals surface area contributed by atoms with E-state index in [2.05, 4.69) is 4.74 Å². The number of methoxy groups -OCH3 is 1. The summed E-state index contributed by atoms with van der Waals surface area (Å²) in [4.78, 5) is 10.8. The summed E-state index contributed by atoms with van der Waals surface area (Å²) in [5, 5.41) is 9.04. The van der Waals surface area contributed by atoms with E-state index in [-0.39, 0.29) is 6.42 Å². The number of rotatable bonds is 1. The van der Waals surface area contributed by atoms with Crippen LogP contribution in [0.2, 0.25) is 0 Å². The van der Waals surface area contributed by atoms with Crippen molar-refractivity contribution in [2.45, 2.75) is 12.5 Å². The molecule has 1 rings (SSSR count). The van der Waals surface area contributed by atoms with Crippen LogP contribution in [0.4, 0.5) is 4.39 Å². The van der Waals surface area contributed by atoms with E-state index in [9.17, 15) is 9.18 Å². The summed E-state index contributed by atoms with van der Waals surface area (Å²) < 4.78 is 16.8. The average Bonchev–Trinajstić information content (AvgIpc) is 2.28. The Morgan fingerprint density at radius 2 is 2.55 bits per heavy atom. The first-order valence-electron chi connectivity index (χ1n) is 3.27. The molecule has 1 aliphatic carbocycles. The number of aliphatic hydroxyl groups excluding tert-OH is 1. The fourth-order valence-electron chi connectivity index (χ4n) is 1.07. The summed E-state index contributed by atoms with van der Waals surface area (Å²) in [6.07, 6.45) is -0.0439. The van der Waals surface area contributed by atoms with Gasteiger partial charge in [-0.25, -0.2) is 4.39 Å². The van der Waals surface area contributed by atoms with E-state index in [0.29, 0.717) is 0 Å². The molecule has 0 radical (unpaired) electrons. The van der Waals surface area contributed by atoms with Gasteiger partial charge in [-0.3, -0.25) is 4.79 Å². The third-order valence-electron chi connectivity index (χ3n) is 1.68. The maximum Gasteiger partial charge on any atom is 0.312 e. The number of esters is 1. The smallest absolute Gasteiger partial charge is 0.312 e. The van der Waals surface area contributed by atoms with Gasteiger partial charge in [-0.2, -0.15) is 0 Å². The van der Waals surface area contributed by atoms with Crippen LogP contribution in [0, 0.1) is 5.92 Å². The first kappa shape index (κ1) is 8.20. The van der Waals surface area contributed by atoms with Crippen molar-refractivity contribution in [2.75, 3.05) is 7.11 Å². The van der Waals surface area contributed by atoms with Crippen LogP contribution in [-0.2, 0) is 9.53 Å². The van der Waals surface area contributed by atoms with E-state index in [4.69, 9.17) is 5.11 Å². The van der Waals surface area contributed by atoms with Crippen molar-refractivity contribution in [3.63, 3.8) is 0 Å². The Morgan fingerprint density at radius 1 is 1.91 bits per heavy atom. The molecule has 0 saturated carbocycles. The summed E-state index contributed by atoms with van der Waals surface area (Å²) in [5.74, 6) is -1.77. The number of hydrogen-bond donors (Lipinski definition) is 1. The van der Waals surface area contributed by atoms with Crippen LogP contribution in [0.1, 0.15) is 6.42 Å². The SMILES string of the molecule is COC(=O)C1CC(F)=CC1O. The van der Waals surface area contributed by atoms with Gasteiger partial charge in [-0.05, 0) is 6.08 Å². The van der Waals surface area contributed by atoms with E-state index in [1.807, 2.05) is 0 Å². The molecule has 0 saturated heterocycles. The largest absolute Gasteiger partial charge is 0.469 e. The highest BCUT2D eigenvalue weighted by atomic mass is 19.1. The highest BCUT2D eigenvalue weighted by molar-refractivity contribution is 5.74. The minimum absolute atomic E-state index is 0.0478. The van der Waals surface area contributed by atoms with Crippen molar-refractivity contribution in [1.29, 1.82) is 0 Å². The van der Waals surface area contributed by atoms with Crippen molar-refractivity contribution in [3.8, 4) is 0 Å². The lowest BCUT2D eigenvalue weighted by Gasteiger charge is -2.09. The van der Waals surface area contributed by atoms with Crippen molar-refractivity contribution in [3.05, 3.63) is 11.9 Å². The Bertz CT molecular complexity index is 200. The van der Waals surface area contributed by atoms with Gasteiger partial charge >= 0.3 is 5.97 Å². The summed E-state index contributed by atoms with van der Waals surface area (Å²) in [7, 11) is 1.21. The molecule has 0 bridgehead atoms. The first-order chi connectivity index (χ1) is 5.15. The zero-order chi connectivity index (χ0) is 8.43. The topological polar surface area (TPSA) is 46.5 Å². The Kier molecular flexibility index (Phi) is 2.24. The van der Waals surface area contributed by atoms with Crippen molar-refractivity contribution >= 4 is 5.97 Å². The molecule has 62 valence electrons. The molecule has 1 N–H and O–H groups in total. The third kappa shape index (κ3) is 1.57. The van der Waals surface area contributed by atoms with E-state index in [0.717, 1.165) is 6.08 Å². The molecule has 0 aliphatic heterocycles. The molecule has 1 aliphatic rings. The van der Waals surface area contributed by atoms with Gasteiger partial charge in [0.1, 0.15) is 0 Å². The second kappa shape index (κ2) is 3.00. The molecule has 11 heavy (non-hydrogen) atoms. The standard InChI is InChI=1S/C7H9FO3/c1-11-7(10)5-2-4(8)3-6(5)9/h3,5-6,9H,2H2,1H3. The fraction of sp³-hybridized carbons (Fsp3) is 0.571. The Hall–Kier alpha value is -0.900. The molecule has 4 heteroatoms. The predicted octanol–water partition coefficient (Wildman–Crippen LogP) is 0.394. The molecule has 0 fully saturated rings. The Morgan fingerprint density at radius 3 is 2.91 bits per heavy atom. The van der Waals surface area contributed by atoms with E-state index < -0.39 is 23.8 Å². The van der Waals surface area contributed by atoms with Crippen molar-refractivity contribution in [2.24, 2.45) is 5.92 Å². The zero-order valence-electron chi connectivity index (χ0n) is 6.08. The van der Waals surface area contributed by atoms with Gasteiger partial charge in [-0.15, -0.1) is 0 Å². The van der Waals surface area contributed by atoms with E-state index in [1.54, 1.807) is 0 Å². The summed E-state index contributed by atoms with van der Waals surface area (Å²) in [6, 6.07) is 0. The minimum Gasteiger partial charge on any atom is -0.469 e. The van der Waals surface area contributed by atoms with Gasteiger partial charge in [0, 0.05) is 6.42 Å². The van der Waals surface area contributed by atoms with Crippen LogP contribution in [0.25, 0.3) is 0 Å². The van der Waals surface area contributed by atoms with E-state index >= 15 is 0 Å². The van der Waals surface area contributed by atoms with Gasteiger partial charge in [-0.1, -0.05) is 0 Å². The highest BCUT2D eigenvalue weighted by Gasteiger charge is 2.32. The molecule has 2 unspecified atom stereocenters. The van der Waals surface area contributed by atoms with Crippen molar-refractivity contribution in [1.82, 2.24) is 0 Å². The van der Waals surface area contributed by atoms with Crippen LogP contribution in [-0.4, -0.2) is 24.3 Å². The number of aliphatic hydroxyl groups is 1. The first-order valence-corrected chi connectivity index (χ1v) is 3.27. The summed E-state index contributed by atoms with van der Waals surface area (Å²) in [5.41, 5.74) is 0. The lowest BCUT2D eigenvalue weighted by molar-refractivity contribution is -0.147. The minimum atomic E-state index is -1.03. The quantitative estimate of drug-likeness (QED) is 0.564. The van der Waals surface area contributed by atoms with E-state index in [1.165, 1.54) is 7.11 Å². The maximum atomic E-state index is 12.4. The van der Waals surface area contributed by atoms with Crippen LogP contribution < -0.4 is 0 Å². The second-order valence-corrected chi connectivity index (χ2v) is 2.44. The molecule has 0 heterocycles. The number of allylic oxidation sites excluding steroid dienone is 1. The Labute approximate surface area is 63.5 Å². The molecule has 0 spiro atoms. The molecular weight excluding hydrogens is 151 g/mol. The van der Waals surface area contributed by atoms with Gasteiger partial charge in [0.2, 0.25) is 0 Å². The lowest BCUT2D eigenvalue weighted by Crippen LogP contribution is -2.24. The fourth-order valence-corrected chi connectivity index (χ4v) is 1.07. The summed E-state index contributed by atoms with van der Waals surface area (Å²) >= 11 is 0. The number of halogens is 1. The highest BCUT2D eigenvalue weighted by Crippen LogP contribution is 2.26. The molecule has 0 aromatic carbocycles. The molecule has 0 aromatic heterocycles. The lowest BCUT2D eigenvalue weighted by atomic mass is 10.1. The Balaban J connectivity index is 2.59. The molecule has 0 amide bonds. The van der Waals surface area contributed by atoms with Gasteiger partial charge in [0.15, 0.2) is 0 Å². The molecule has 2 atom stereocenters.